The Bertz CT molecular complexity index is 2850. The minimum Gasteiger partial charge on any atom is -0.464 e. The summed E-state index contributed by atoms with van der Waals surface area (Å²) in [5, 5.41) is 4.82. The number of likely N-dealkylation sites (tertiary alicyclic amines) is 1. The van der Waals surface area contributed by atoms with E-state index in [4.69, 9.17) is 32.1 Å². The lowest BCUT2D eigenvalue weighted by molar-refractivity contribution is -0.161. The van der Waals surface area contributed by atoms with Crippen LogP contribution in [0.4, 0.5) is 0 Å². The van der Waals surface area contributed by atoms with Crippen LogP contribution in [0.25, 0.3) is 33.4 Å². The highest BCUT2D eigenvalue weighted by atomic mass is 32.2. The van der Waals surface area contributed by atoms with Crippen LogP contribution in [0.1, 0.15) is 87.0 Å². The van der Waals surface area contributed by atoms with Crippen molar-refractivity contribution in [3.05, 3.63) is 69.8 Å². The number of thiol groups is 1. The van der Waals surface area contributed by atoms with E-state index < -0.39 is 46.3 Å². The number of likely N-dealkylation sites (N-methyl/N-ethyl adjacent to an activating group) is 2. The predicted molar refractivity (Wildman–Crippen MR) is 277 cm³/mol. The third kappa shape index (κ3) is 8.30. The van der Waals surface area contributed by atoms with Crippen molar-refractivity contribution in [1.29, 1.82) is 0 Å². The highest BCUT2D eigenvalue weighted by Gasteiger charge is 2.59. The number of thiazole rings is 1. The molecule has 3 fully saturated rings. The van der Waals surface area contributed by atoms with Crippen LogP contribution in [-0.2, 0) is 59.4 Å². The average molecular weight is 1020 g/mol. The summed E-state index contributed by atoms with van der Waals surface area (Å²) in [6.45, 7) is 17.1. The molecule has 0 saturated carbocycles. The zero-order chi connectivity index (χ0) is 50.4. The Labute approximate surface area is 429 Å². The summed E-state index contributed by atoms with van der Waals surface area (Å²) in [5.74, 6) is -2.76. The first kappa shape index (κ1) is 49.8. The second-order valence-corrected chi connectivity index (χ2v) is 23.8. The van der Waals surface area contributed by atoms with Crippen molar-refractivity contribution >= 4 is 76.4 Å². The first-order valence-corrected chi connectivity index (χ1v) is 27.2. The Hall–Kier alpha value is -4.79. The second-order valence-electron chi connectivity index (χ2n) is 21.3. The first-order valence-electron chi connectivity index (χ1n) is 24.8. The molecule has 7 atom stereocenters. The number of pyridine rings is 1. The molecule has 3 unspecified atom stereocenters. The Morgan fingerprint density at radius 1 is 1.14 bits per heavy atom. The van der Waals surface area contributed by atoms with Gasteiger partial charge in [0.15, 0.2) is 5.54 Å². The van der Waals surface area contributed by atoms with Gasteiger partial charge in [0, 0.05) is 122 Å². The molecule has 378 valence electrons. The third-order valence-corrected chi connectivity index (χ3v) is 18.6. The van der Waals surface area contributed by atoms with Crippen LogP contribution >= 0.6 is 35.9 Å². The number of nitrogens with one attached hydrogen (secondary N) is 1. The molecule has 1 N–H and O–H groups in total. The van der Waals surface area contributed by atoms with Crippen LogP contribution in [0.2, 0.25) is 0 Å². The zero-order valence-corrected chi connectivity index (χ0v) is 44.4. The van der Waals surface area contributed by atoms with Crippen molar-refractivity contribution in [2.75, 3.05) is 59.7 Å². The van der Waals surface area contributed by atoms with Gasteiger partial charge in [-0.2, -0.15) is 12.6 Å². The van der Waals surface area contributed by atoms with Crippen molar-refractivity contribution in [3.8, 4) is 22.5 Å². The molecule has 10 rings (SSSR count). The van der Waals surface area contributed by atoms with Gasteiger partial charge in [-0.05, 0) is 80.1 Å². The number of carbonyl (C=O) groups excluding carboxylic acids is 5. The van der Waals surface area contributed by atoms with E-state index in [9.17, 15) is 14.4 Å². The third-order valence-electron chi connectivity index (χ3n) is 15.8. The van der Waals surface area contributed by atoms with Gasteiger partial charge >= 0.3 is 5.97 Å². The van der Waals surface area contributed by atoms with Crippen molar-refractivity contribution < 1.29 is 33.4 Å². The van der Waals surface area contributed by atoms with Crippen molar-refractivity contribution in [3.63, 3.8) is 0 Å². The number of aryl methyl sites for hydroxylation is 1. The lowest BCUT2D eigenvalue weighted by Gasteiger charge is -2.53. The van der Waals surface area contributed by atoms with E-state index in [-0.39, 0.29) is 67.3 Å². The number of nitrogens with zero attached hydrogens (tertiary/aromatic N) is 8. The van der Waals surface area contributed by atoms with E-state index >= 15 is 9.59 Å². The average Bonchev–Trinajstić information content (AvgIpc) is 4.07. The summed E-state index contributed by atoms with van der Waals surface area (Å²) >= 11 is 7.39. The van der Waals surface area contributed by atoms with Crippen LogP contribution in [0.15, 0.2) is 42.3 Å². The lowest BCUT2D eigenvalue weighted by Crippen LogP contribution is -2.73. The number of hydrogen-bond donors (Lipinski definition) is 2. The largest absolute Gasteiger partial charge is 0.464 e. The smallest absolute Gasteiger partial charge is 0.324 e. The predicted octanol–water partition coefficient (Wildman–Crippen LogP) is 5.90. The number of fused-ring (bicyclic) bond motifs is 9. The molecule has 4 amide bonds. The monoisotopic (exact) mass is 1020 g/mol. The van der Waals surface area contributed by atoms with Crippen molar-refractivity contribution in [2.45, 2.75) is 108 Å². The van der Waals surface area contributed by atoms with E-state index in [1.165, 1.54) is 44.8 Å². The lowest BCUT2D eigenvalue weighted by atomic mass is 9.67. The van der Waals surface area contributed by atoms with Crippen LogP contribution in [0.5, 0.6) is 0 Å². The number of amides is 4. The molecule has 6 aliphatic rings. The van der Waals surface area contributed by atoms with Crippen molar-refractivity contribution in [1.82, 2.24) is 44.0 Å². The Balaban J connectivity index is 1.07. The molecule has 19 heteroatoms. The highest BCUT2D eigenvalue weighted by molar-refractivity contribution is 7.99. The summed E-state index contributed by atoms with van der Waals surface area (Å²) in [6, 6.07) is 7.07. The van der Waals surface area contributed by atoms with Crippen LogP contribution < -0.4 is 5.43 Å². The van der Waals surface area contributed by atoms with E-state index in [2.05, 4.69) is 73.6 Å². The molecule has 71 heavy (non-hydrogen) atoms. The van der Waals surface area contributed by atoms with Gasteiger partial charge in [0.25, 0.3) is 11.8 Å². The SMILES string of the molecule is C=CC(=O)N1CC(S)[C@H](C(=O)N(C)[C@H](C(=O)N2SCC23Cc2nc(cs2)-c2ccc4c(c2)c2c(n4CC)-c4cc5c(nc4[C@@H](OC)C2C(C)(C)COC(=O)[C@@H]2CCCN(N2)C3=O)CCN(C)C5)C(C)C)C1. The fraction of sp³-hybridized carbons (Fsp3) is 0.558. The van der Waals surface area contributed by atoms with Crippen LogP contribution in [0.3, 0.4) is 0 Å². The fourth-order valence-electron chi connectivity index (χ4n) is 12.1. The maximum absolute atomic E-state index is 15.4. The molecule has 1 aromatic carbocycles. The minimum atomic E-state index is -1.40. The molecule has 6 bridgehead atoms. The fourth-order valence-corrected chi connectivity index (χ4v) is 14.6. The minimum absolute atomic E-state index is 0.0734. The number of cyclic esters (lactones) is 1. The van der Waals surface area contributed by atoms with Gasteiger partial charge in [-0.15, -0.1) is 11.3 Å². The normalized spacial score (nSPS) is 26.7. The summed E-state index contributed by atoms with van der Waals surface area (Å²) in [5.41, 5.74) is 10.4. The van der Waals surface area contributed by atoms with Gasteiger partial charge < -0.3 is 28.7 Å². The molecule has 5 aliphatic heterocycles. The van der Waals surface area contributed by atoms with Crippen LogP contribution in [-0.4, -0.2) is 151 Å². The Morgan fingerprint density at radius 2 is 1.93 bits per heavy atom. The number of hydrazine groups is 1. The van der Waals surface area contributed by atoms with Gasteiger partial charge in [0.2, 0.25) is 11.8 Å². The number of hydrogen-bond acceptors (Lipinski definition) is 14. The Kier molecular flexibility index (Phi) is 13.3. The molecular weight excluding hydrogens is 959 g/mol. The van der Waals surface area contributed by atoms with Gasteiger partial charge in [0.05, 0.1) is 34.6 Å². The maximum Gasteiger partial charge on any atom is 0.324 e. The van der Waals surface area contributed by atoms with E-state index in [1.54, 1.807) is 23.4 Å². The first-order chi connectivity index (χ1) is 33.9. The molecule has 3 saturated heterocycles. The van der Waals surface area contributed by atoms with Gasteiger partial charge in [-0.25, -0.2) is 10.4 Å². The summed E-state index contributed by atoms with van der Waals surface area (Å²) < 4.78 is 16.9. The van der Waals surface area contributed by atoms with E-state index in [0.717, 1.165) is 69.9 Å². The van der Waals surface area contributed by atoms with Gasteiger partial charge in [-0.1, -0.05) is 40.3 Å². The standard InChI is InChI=1S/C52H65N9O7S3/c1-10-40(62)58-23-33(38(69)24-58)47(63)57(8)44(28(3)4)48(64)61-52(27-71-61)21-39-53-36(25-70-39)29-14-15-37-31(19-29)41-42(51(5,6)26-68-49(65)35-13-12-17-60(55-35)50(52)66)46(67-9)43-32(45(41)59(37)11-2)20-30-22-56(7)18-16-34(30)54-43/h10,14-15,19-20,25,28,33,35,38,42,44,46,55,69H,1,11-13,16-18,21-24,26-27H2,2-9H3/t33-,35+,38?,42?,44+,46+,52?/m1/s1. The molecular formula is C52H65N9O7S3. The van der Waals surface area contributed by atoms with E-state index in [0.29, 0.717) is 30.9 Å². The Morgan fingerprint density at radius 3 is 2.63 bits per heavy atom. The maximum atomic E-state index is 15.4. The number of aromatic nitrogens is 3. The summed E-state index contributed by atoms with van der Waals surface area (Å²) in [4.78, 5) is 87.7. The molecule has 3 aromatic heterocycles. The summed E-state index contributed by atoms with van der Waals surface area (Å²) in [6.07, 6.45) is 2.73. The number of carbonyl (C=O) groups is 5. The number of methoxy groups -OCH3 is 1. The zero-order valence-electron chi connectivity index (χ0n) is 41.9. The quantitative estimate of drug-likeness (QED) is 0.0979. The van der Waals surface area contributed by atoms with Gasteiger partial charge in [-0.3, -0.25) is 38.3 Å². The topological polar surface area (TPSA) is 163 Å². The second kappa shape index (κ2) is 18.9. The van der Waals surface area contributed by atoms with Crippen molar-refractivity contribution in [2.24, 2.45) is 17.3 Å². The van der Waals surface area contributed by atoms with Crippen LogP contribution in [0, 0.1) is 17.3 Å². The van der Waals surface area contributed by atoms with Gasteiger partial charge in [0.1, 0.15) is 18.2 Å². The van der Waals surface area contributed by atoms with E-state index in [1.807, 2.05) is 19.2 Å². The summed E-state index contributed by atoms with van der Waals surface area (Å²) in [7, 11) is 5.51. The number of rotatable bonds is 7. The molecule has 16 nitrogen and oxygen atoms in total. The number of benzene rings is 1. The number of esters is 1. The molecule has 4 aromatic rings. The number of ether oxygens (including phenoxy) is 2. The molecule has 0 radical (unpaired) electrons. The molecule has 8 heterocycles. The molecule has 1 aliphatic carbocycles. The highest BCUT2D eigenvalue weighted by Crippen LogP contribution is 2.58. The molecule has 1 spiro atoms.